The van der Waals surface area contributed by atoms with Crippen molar-refractivity contribution in [3.05, 3.63) is 0 Å². The molecule has 6 nitrogen and oxygen atoms in total. The summed E-state index contributed by atoms with van der Waals surface area (Å²) in [6.45, 7) is 6.14. The number of piperazine rings is 1. The fourth-order valence-electron chi connectivity index (χ4n) is 3.32. The van der Waals surface area contributed by atoms with Crippen molar-refractivity contribution in [3.63, 3.8) is 0 Å². The van der Waals surface area contributed by atoms with E-state index in [9.17, 15) is 9.59 Å². The van der Waals surface area contributed by atoms with Crippen molar-refractivity contribution in [2.24, 2.45) is 5.92 Å². The van der Waals surface area contributed by atoms with E-state index in [-0.39, 0.29) is 17.4 Å². The lowest BCUT2D eigenvalue weighted by molar-refractivity contribution is -0.151. The van der Waals surface area contributed by atoms with Crippen molar-refractivity contribution in [3.8, 4) is 0 Å². The summed E-state index contributed by atoms with van der Waals surface area (Å²) in [7, 11) is 0. The number of carbonyl (C=O) groups is 2. The molecule has 0 spiro atoms. The molecule has 3 fully saturated rings. The number of hydrogen-bond acceptors (Lipinski definition) is 4. The highest BCUT2D eigenvalue weighted by Gasteiger charge is 2.49. The quantitative estimate of drug-likeness (QED) is 0.754. The van der Waals surface area contributed by atoms with Crippen LogP contribution < -0.4 is 5.32 Å². The molecule has 3 rings (SSSR count). The molecule has 0 aromatic heterocycles. The van der Waals surface area contributed by atoms with E-state index < -0.39 is 0 Å². The molecule has 0 aromatic rings. The maximum Gasteiger partial charge on any atom is 0.237 e. The predicted octanol–water partition coefficient (Wildman–Crippen LogP) is -0.554. The smallest absolute Gasteiger partial charge is 0.237 e. The Morgan fingerprint density at radius 3 is 2.95 bits per heavy atom. The zero-order valence-corrected chi connectivity index (χ0v) is 12.1. The SMILES string of the molecule is CC1(C2CC2)COCCN1C(=O)CN1CCNC(=O)C1. The minimum absolute atomic E-state index is 0.0102. The monoisotopic (exact) mass is 281 g/mol. The van der Waals surface area contributed by atoms with Gasteiger partial charge in [-0.2, -0.15) is 0 Å². The summed E-state index contributed by atoms with van der Waals surface area (Å²) in [5.41, 5.74) is -0.145. The van der Waals surface area contributed by atoms with Crippen LogP contribution in [0, 0.1) is 5.92 Å². The molecule has 2 saturated heterocycles. The molecule has 1 N–H and O–H groups in total. The summed E-state index contributed by atoms with van der Waals surface area (Å²) in [6, 6.07) is 0. The third-order valence-electron chi connectivity index (χ3n) is 4.70. The highest BCUT2D eigenvalue weighted by atomic mass is 16.5. The van der Waals surface area contributed by atoms with Crippen LogP contribution in [0.5, 0.6) is 0 Å². The first-order chi connectivity index (χ1) is 9.59. The zero-order valence-electron chi connectivity index (χ0n) is 12.1. The molecule has 112 valence electrons. The van der Waals surface area contributed by atoms with E-state index in [2.05, 4.69) is 12.2 Å². The average Bonchev–Trinajstić information content (AvgIpc) is 3.23. The van der Waals surface area contributed by atoms with E-state index in [1.165, 1.54) is 12.8 Å². The molecule has 6 heteroatoms. The van der Waals surface area contributed by atoms with Gasteiger partial charge in [-0.3, -0.25) is 14.5 Å². The fraction of sp³-hybridized carbons (Fsp3) is 0.857. The van der Waals surface area contributed by atoms with E-state index in [1.54, 1.807) is 0 Å². The number of nitrogens with one attached hydrogen (secondary N) is 1. The third kappa shape index (κ3) is 2.67. The lowest BCUT2D eigenvalue weighted by Gasteiger charge is -2.45. The first-order valence-corrected chi connectivity index (χ1v) is 7.47. The van der Waals surface area contributed by atoms with Crippen molar-refractivity contribution in [1.29, 1.82) is 0 Å². The van der Waals surface area contributed by atoms with Crippen LogP contribution in [0.1, 0.15) is 19.8 Å². The molecule has 20 heavy (non-hydrogen) atoms. The largest absolute Gasteiger partial charge is 0.377 e. The van der Waals surface area contributed by atoms with Gasteiger partial charge in [-0.1, -0.05) is 0 Å². The average molecular weight is 281 g/mol. The molecule has 2 aliphatic heterocycles. The molecule has 1 unspecified atom stereocenters. The van der Waals surface area contributed by atoms with Gasteiger partial charge in [-0.25, -0.2) is 0 Å². The molecule has 0 bridgehead atoms. The Morgan fingerprint density at radius 2 is 2.25 bits per heavy atom. The number of hydrogen-bond donors (Lipinski definition) is 1. The van der Waals surface area contributed by atoms with Gasteiger partial charge >= 0.3 is 0 Å². The van der Waals surface area contributed by atoms with Gasteiger partial charge in [0.25, 0.3) is 0 Å². The Labute approximate surface area is 119 Å². The van der Waals surface area contributed by atoms with Gasteiger partial charge in [-0.15, -0.1) is 0 Å². The number of carbonyl (C=O) groups excluding carboxylic acids is 2. The van der Waals surface area contributed by atoms with Gasteiger partial charge in [0.05, 0.1) is 31.8 Å². The Hall–Kier alpha value is -1.14. The second kappa shape index (κ2) is 5.33. The van der Waals surface area contributed by atoms with Crippen molar-refractivity contribution in [2.75, 3.05) is 45.9 Å². The second-order valence-electron chi connectivity index (χ2n) is 6.29. The predicted molar refractivity (Wildman–Crippen MR) is 73.1 cm³/mol. The van der Waals surface area contributed by atoms with Crippen molar-refractivity contribution in [1.82, 2.24) is 15.1 Å². The number of amides is 2. The molecular weight excluding hydrogens is 258 g/mol. The van der Waals surface area contributed by atoms with E-state index in [0.717, 1.165) is 6.54 Å². The standard InChI is InChI=1S/C14H23N3O3/c1-14(11-2-3-11)10-20-7-6-17(14)13(19)9-16-5-4-15-12(18)8-16/h11H,2-10H2,1H3,(H,15,18). The number of nitrogens with zero attached hydrogens (tertiary/aromatic N) is 2. The summed E-state index contributed by atoms with van der Waals surface area (Å²) < 4.78 is 5.60. The summed E-state index contributed by atoms with van der Waals surface area (Å²) in [6.07, 6.45) is 2.38. The molecule has 1 aliphatic carbocycles. The van der Waals surface area contributed by atoms with Crippen LogP contribution in [0.2, 0.25) is 0 Å². The summed E-state index contributed by atoms with van der Waals surface area (Å²) in [5.74, 6) is 0.727. The fourth-order valence-corrected chi connectivity index (χ4v) is 3.32. The zero-order chi connectivity index (χ0) is 14.2. The van der Waals surface area contributed by atoms with Gasteiger partial charge in [0.1, 0.15) is 0 Å². The Bertz CT molecular complexity index is 410. The first-order valence-electron chi connectivity index (χ1n) is 7.47. The van der Waals surface area contributed by atoms with Crippen LogP contribution in [-0.2, 0) is 14.3 Å². The Morgan fingerprint density at radius 1 is 1.45 bits per heavy atom. The van der Waals surface area contributed by atoms with Crippen LogP contribution in [0.25, 0.3) is 0 Å². The van der Waals surface area contributed by atoms with Crippen molar-refractivity contribution < 1.29 is 14.3 Å². The van der Waals surface area contributed by atoms with Crippen LogP contribution in [-0.4, -0.2) is 73.1 Å². The summed E-state index contributed by atoms with van der Waals surface area (Å²) in [4.78, 5) is 27.9. The minimum atomic E-state index is -0.145. The Balaban J connectivity index is 1.64. The van der Waals surface area contributed by atoms with Gasteiger partial charge in [0.2, 0.25) is 11.8 Å². The lowest BCUT2D eigenvalue weighted by Crippen LogP contribution is -2.61. The lowest BCUT2D eigenvalue weighted by atomic mass is 9.93. The van der Waals surface area contributed by atoms with Gasteiger partial charge in [0.15, 0.2) is 0 Å². The van der Waals surface area contributed by atoms with Crippen molar-refractivity contribution in [2.45, 2.75) is 25.3 Å². The molecule has 2 heterocycles. The maximum absolute atomic E-state index is 12.6. The van der Waals surface area contributed by atoms with E-state index >= 15 is 0 Å². The number of ether oxygens (including phenoxy) is 1. The molecule has 0 aromatic carbocycles. The molecule has 0 radical (unpaired) electrons. The van der Waals surface area contributed by atoms with Gasteiger partial charge in [-0.05, 0) is 25.7 Å². The highest BCUT2D eigenvalue weighted by molar-refractivity contribution is 5.82. The molecular formula is C14H23N3O3. The van der Waals surface area contributed by atoms with E-state index in [0.29, 0.717) is 45.3 Å². The van der Waals surface area contributed by atoms with E-state index in [1.807, 2.05) is 9.80 Å². The number of rotatable bonds is 3. The van der Waals surface area contributed by atoms with E-state index in [4.69, 9.17) is 4.74 Å². The molecule has 2 amide bonds. The first kappa shape index (κ1) is 13.8. The Kier molecular flexibility index (Phi) is 3.69. The van der Waals surface area contributed by atoms with Crippen LogP contribution in [0.15, 0.2) is 0 Å². The van der Waals surface area contributed by atoms with Gasteiger partial charge in [0, 0.05) is 19.6 Å². The number of morpholine rings is 1. The maximum atomic E-state index is 12.6. The molecule has 1 saturated carbocycles. The normalized spacial score (nSPS) is 32.0. The molecule has 3 aliphatic rings. The van der Waals surface area contributed by atoms with Crippen LogP contribution >= 0.6 is 0 Å². The second-order valence-corrected chi connectivity index (χ2v) is 6.29. The third-order valence-corrected chi connectivity index (χ3v) is 4.70. The van der Waals surface area contributed by atoms with Crippen LogP contribution in [0.4, 0.5) is 0 Å². The summed E-state index contributed by atoms with van der Waals surface area (Å²) in [5, 5.41) is 2.78. The topological polar surface area (TPSA) is 61.9 Å². The van der Waals surface area contributed by atoms with Crippen LogP contribution in [0.3, 0.4) is 0 Å². The van der Waals surface area contributed by atoms with Crippen molar-refractivity contribution >= 4 is 11.8 Å². The van der Waals surface area contributed by atoms with Gasteiger partial charge < -0.3 is 15.0 Å². The highest BCUT2D eigenvalue weighted by Crippen LogP contribution is 2.44. The molecule has 1 atom stereocenters. The summed E-state index contributed by atoms with van der Waals surface area (Å²) >= 11 is 0. The minimum Gasteiger partial charge on any atom is -0.377 e.